The standard InChI is InChI=1S/C26H28N2O5S2/c1-16-9-17(2)11-19(10-16)27-24(29)15-33-21-7-6-18(12-22(21)31-3)13-23-25(30)28(26(34)35-23)14-20-5-4-8-32-20/h6-7,9-13,20H,4-5,8,14-15H2,1-3H3,(H,27,29)/b23-13-/t20-/m1/s1. The maximum atomic E-state index is 12.9. The van der Waals surface area contributed by atoms with Gasteiger partial charge in [-0.3, -0.25) is 14.5 Å². The molecule has 2 aliphatic rings. The Morgan fingerprint density at radius 3 is 2.69 bits per heavy atom. The number of methoxy groups -OCH3 is 1. The number of anilines is 1. The second-order valence-electron chi connectivity index (χ2n) is 8.55. The van der Waals surface area contributed by atoms with Gasteiger partial charge < -0.3 is 19.5 Å². The number of ether oxygens (including phenoxy) is 3. The third-order valence-corrected chi connectivity index (χ3v) is 7.01. The van der Waals surface area contributed by atoms with Gasteiger partial charge in [0.25, 0.3) is 11.8 Å². The van der Waals surface area contributed by atoms with Gasteiger partial charge in [0, 0.05) is 12.3 Å². The molecule has 0 aliphatic carbocycles. The zero-order valence-electron chi connectivity index (χ0n) is 20.0. The summed E-state index contributed by atoms with van der Waals surface area (Å²) in [5.41, 5.74) is 3.64. The van der Waals surface area contributed by atoms with E-state index in [-0.39, 0.29) is 24.5 Å². The quantitative estimate of drug-likeness (QED) is 0.405. The SMILES string of the molecule is COc1cc(/C=C2\SC(=S)N(C[C@H]3CCCO3)C2=O)ccc1OCC(=O)Nc1cc(C)cc(C)c1. The number of thioether (sulfide) groups is 1. The highest BCUT2D eigenvalue weighted by molar-refractivity contribution is 8.26. The van der Waals surface area contributed by atoms with Crippen LogP contribution in [0.3, 0.4) is 0 Å². The van der Waals surface area contributed by atoms with Crippen LogP contribution < -0.4 is 14.8 Å². The minimum absolute atomic E-state index is 0.0421. The lowest BCUT2D eigenvalue weighted by atomic mass is 10.1. The summed E-state index contributed by atoms with van der Waals surface area (Å²) in [6.07, 6.45) is 3.78. The van der Waals surface area contributed by atoms with Crippen LogP contribution in [-0.2, 0) is 14.3 Å². The summed E-state index contributed by atoms with van der Waals surface area (Å²) in [5.74, 6) is 0.521. The number of nitrogens with one attached hydrogen (secondary N) is 1. The largest absolute Gasteiger partial charge is 0.493 e. The van der Waals surface area contributed by atoms with E-state index >= 15 is 0 Å². The zero-order valence-corrected chi connectivity index (χ0v) is 21.6. The van der Waals surface area contributed by atoms with E-state index in [0.29, 0.717) is 27.3 Å². The Kier molecular flexibility index (Phi) is 8.10. The summed E-state index contributed by atoms with van der Waals surface area (Å²) in [7, 11) is 1.53. The van der Waals surface area contributed by atoms with Gasteiger partial charge >= 0.3 is 0 Å². The van der Waals surface area contributed by atoms with Crippen molar-refractivity contribution in [1.29, 1.82) is 0 Å². The number of thiocarbonyl (C=S) groups is 1. The highest BCUT2D eigenvalue weighted by Gasteiger charge is 2.34. The number of nitrogens with zero attached hydrogens (tertiary/aromatic N) is 1. The number of hydrogen-bond donors (Lipinski definition) is 1. The highest BCUT2D eigenvalue weighted by Crippen LogP contribution is 2.35. The second kappa shape index (κ2) is 11.2. The third kappa shape index (κ3) is 6.42. The van der Waals surface area contributed by atoms with Gasteiger partial charge in [-0.1, -0.05) is 36.1 Å². The Balaban J connectivity index is 1.39. The maximum absolute atomic E-state index is 12.9. The summed E-state index contributed by atoms with van der Waals surface area (Å²) in [6, 6.07) is 11.2. The van der Waals surface area contributed by atoms with E-state index in [1.54, 1.807) is 23.1 Å². The minimum atomic E-state index is -0.268. The number of aryl methyl sites for hydroxylation is 2. The van der Waals surface area contributed by atoms with Gasteiger partial charge in [0.2, 0.25) is 0 Å². The van der Waals surface area contributed by atoms with Crippen LogP contribution in [0, 0.1) is 13.8 Å². The number of rotatable bonds is 8. The normalized spacial score (nSPS) is 18.9. The highest BCUT2D eigenvalue weighted by atomic mass is 32.2. The van der Waals surface area contributed by atoms with Crippen LogP contribution in [0.15, 0.2) is 41.3 Å². The molecule has 0 saturated carbocycles. The summed E-state index contributed by atoms with van der Waals surface area (Å²) < 4.78 is 17.4. The van der Waals surface area contributed by atoms with Crippen LogP contribution in [0.4, 0.5) is 5.69 Å². The third-order valence-electron chi connectivity index (χ3n) is 5.63. The van der Waals surface area contributed by atoms with Crippen molar-refractivity contribution in [2.75, 3.05) is 32.2 Å². The first kappa shape index (κ1) is 25.2. The molecule has 2 fully saturated rings. The van der Waals surface area contributed by atoms with Crippen molar-refractivity contribution in [1.82, 2.24) is 4.90 Å². The molecule has 0 aromatic heterocycles. The molecule has 2 saturated heterocycles. The monoisotopic (exact) mass is 512 g/mol. The number of hydrogen-bond acceptors (Lipinski definition) is 7. The number of carbonyl (C=O) groups excluding carboxylic acids is 2. The molecule has 0 bridgehead atoms. The van der Waals surface area contributed by atoms with Crippen molar-refractivity contribution < 1.29 is 23.8 Å². The number of carbonyl (C=O) groups is 2. The molecule has 35 heavy (non-hydrogen) atoms. The lowest BCUT2D eigenvalue weighted by Gasteiger charge is -2.18. The van der Waals surface area contributed by atoms with E-state index < -0.39 is 0 Å². The van der Waals surface area contributed by atoms with Crippen molar-refractivity contribution in [2.45, 2.75) is 32.8 Å². The van der Waals surface area contributed by atoms with Crippen molar-refractivity contribution >= 4 is 51.9 Å². The molecular formula is C26H28N2O5S2. The summed E-state index contributed by atoms with van der Waals surface area (Å²) in [6.45, 7) is 5.02. The van der Waals surface area contributed by atoms with E-state index in [9.17, 15) is 9.59 Å². The lowest BCUT2D eigenvalue weighted by Crippen LogP contribution is -2.35. The van der Waals surface area contributed by atoms with E-state index in [4.69, 9.17) is 26.4 Å². The first-order chi connectivity index (χ1) is 16.8. The first-order valence-corrected chi connectivity index (χ1v) is 12.6. The lowest BCUT2D eigenvalue weighted by molar-refractivity contribution is -0.123. The molecule has 7 nitrogen and oxygen atoms in total. The van der Waals surface area contributed by atoms with Crippen LogP contribution in [0.25, 0.3) is 6.08 Å². The van der Waals surface area contributed by atoms with Gasteiger partial charge in [0.15, 0.2) is 18.1 Å². The van der Waals surface area contributed by atoms with Crippen LogP contribution >= 0.6 is 24.0 Å². The van der Waals surface area contributed by atoms with E-state index in [0.717, 1.165) is 41.8 Å². The average Bonchev–Trinajstić information content (AvgIpc) is 3.41. The molecule has 2 heterocycles. The fourth-order valence-electron chi connectivity index (χ4n) is 4.08. The Morgan fingerprint density at radius 2 is 2.00 bits per heavy atom. The molecule has 2 aromatic carbocycles. The minimum Gasteiger partial charge on any atom is -0.493 e. The number of amides is 2. The Hall–Kier alpha value is -2.88. The Morgan fingerprint density at radius 1 is 1.23 bits per heavy atom. The summed E-state index contributed by atoms with van der Waals surface area (Å²) in [4.78, 5) is 27.4. The fourth-order valence-corrected chi connectivity index (χ4v) is 5.36. The summed E-state index contributed by atoms with van der Waals surface area (Å²) in [5, 5.41) is 2.85. The topological polar surface area (TPSA) is 77.1 Å². The molecular weight excluding hydrogens is 484 g/mol. The van der Waals surface area contributed by atoms with Gasteiger partial charge in [-0.05, 0) is 73.7 Å². The molecule has 0 unspecified atom stereocenters. The predicted molar refractivity (Wildman–Crippen MR) is 142 cm³/mol. The van der Waals surface area contributed by atoms with E-state index in [1.807, 2.05) is 38.1 Å². The second-order valence-corrected chi connectivity index (χ2v) is 10.2. The van der Waals surface area contributed by atoms with E-state index in [2.05, 4.69) is 5.32 Å². The predicted octanol–water partition coefficient (Wildman–Crippen LogP) is 4.71. The summed E-state index contributed by atoms with van der Waals surface area (Å²) >= 11 is 6.71. The van der Waals surface area contributed by atoms with Crippen LogP contribution in [0.1, 0.15) is 29.5 Å². The molecule has 9 heteroatoms. The van der Waals surface area contributed by atoms with Gasteiger partial charge in [-0.2, -0.15) is 0 Å². The van der Waals surface area contributed by atoms with Gasteiger partial charge in [0.05, 0.1) is 24.7 Å². The Labute approximate surface area is 214 Å². The maximum Gasteiger partial charge on any atom is 0.266 e. The molecule has 4 rings (SSSR count). The van der Waals surface area contributed by atoms with Gasteiger partial charge in [-0.25, -0.2) is 0 Å². The first-order valence-electron chi connectivity index (χ1n) is 11.4. The van der Waals surface area contributed by atoms with Crippen LogP contribution in [-0.4, -0.2) is 54.0 Å². The molecule has 2 aliphatic heterocycles. The van der Waals surface area contributed by atoms with Gasteiger partial charge in [0.1, 0.15) is 4.32 Å². The van der Waals surface area contributed by atoms with E-state index in [1.165, 1.54) is 18.9 Å². The molecule has 1 N–H and O–H groups in total. The van der Waals surface area contributed by atoms with Crippen molar-refractivity contribution in [3.63, 3.8) is 0 Å². The number of benzene rings is 2. The smallest absolute Gasteiger partial charge is 0.266 e. The molecule has 0 radical (unpaired) electrons. The van der Waals surface area contributed by atoms with Crippen molar-refractivity contribution in [3.05, 3.63) is 58.0 Å². The van der Waals surface area contributed by atoms with Crippen LogP contribution in [0.5, 0.6) is 11.5 Å². The molecule has 0 spiro atoms. The fraction of sp³-hybridized carbons (Fsp3) is 0.346. The Bertz CT molecular complexity index is 1150. The van der Waals surface area contributed by atoms with Gasteiger partial charge in [-0.15, -0.1) is 0 Å². The molecule has 2 amide bonds. The van der Waals surface area contributed by atoms with Crippen LogP contribution in [0.2, 0.25) is 0 Å². The van der Waals surface area contributed by atoms with Crippen molar-refractivity contribution in [3.8, 4) is 11.5 Å². The molecule has 1 atom stereocenters. The molecule has 184 valence electrons. The molecule has 2 aromatic rings. The average molecular weight is 513 g/mol. The van der Waals surface area contributed by atoms with Crippen molar-refractivity contribution in [2.24, 2.45) is 0 Å². The zero-order chi connectivity index (χ0) is 24.9.